The van der Waals surface area contributed by atoms with Gasteiger partial charge in [0.25, 0.3) is 0 Å². The molecule has 0 aromatic carbocycles. The molecule has 0 aliphatic carbocycles. The maximum atomic E-state index is 3.94. The lowest BCUT2D eigenvalue weighted by molar-refractivity contribution is 1.05. The number of nitrogens with one attached hydrogen (secondary N) is 1. The smallest absolute Gasteiger partial charge is 0.229 e. The van der Waals surface area contributed by atoms with E-state index in [1.54, 1.807) is 18.5 Å². The van der Waals surface area contributed by atoms with Gasteiger partial charge in [0.15, 0.2) is 5.82 Å². The average molecular weight is 179 g/mol. The van der Waals surface area contributed by atoms with E-state index in [0.717, 1.165) is 0 Å². The van der Waals surface area contributed by atoms with Crippen molar-refractivity contribution in [3.63, 3.8) is 0 Å². The second kappa shape index (κ2) is 3.22. The third-order valence-corrected chi connectivity index (χ3v) is 1.80. The van der Waals surface area contributed by atoms with Crippen LogP contribution in [0.2, 0.25) is 0 Å². The van der Waals surface area contributed by atoms with E-state index in [4.69, 9.17) is 0 Å². The van der Waals surface area contributed by atoms with Crippen LogP contribution in [0.5, 0.6) is 0 Å². The quantitative estimate of drug-likeness (QED) is 0.718. The predicted molar refractivity (Wildman–Crippen MR) is 44.9 cm³/mol. The standard InChI is InChI=1S/C6H5N5S/c1-2-8-9-5(1)10-11-6-7-3-4-12-6/h1-4H,(H,8,9). The minimum absolute atomic E-state index is 0.630. The number of H-pyrrole nitrogens is 1. The molecule has 2 aromatic heterocycles. The number of nitrogens with zero attached hydrogens (tertiary/aromatic N) is 4. The normalized spacial score (nSPS) is 11.0. The number of hydrogen-bond acceptors (Lipinski definition) is 5. The van der Waals surface area contributed by atoms with E-state index in [1.807, 2.05) is 5.38 Å². The van der Waals surface area contributed by atoms with Crippen LogP contribution in [0.3, 0.4) is 0 Å². The van der Waals surface area contributed by atoms with Gasteiger partial charge in [0, 0.05) is 17.6 Å². The fourth-order valence-electron chi connectivity index (χ4n) is 0.666. The summed E-state index contributed by atoms with van der Waals surface area (Å²) in [6.45, 7) is 0. The summed E-state index contributed by atoms with van der Waals surface area (Å²) in [7, 11) is 0. The second-order valence-electron chi connectivity index (χ2n) is 1.96. The zero-order valence-electron chi connectivity index (χ0n) is 6.01. The van der Waals surface area contributed by atoms with E-state index in [2.05, 4.69) is 25.4 Å². The molecule has 0 aliphatic heterocycles. The van der Waals surface area contributed by atoms with Crippen LogP contribution >= 0.6 is 11.3 Å². The minimum Gasteiger partial charge on any atom is -0.260 e. The number of thiazole rings is 1. The topological polar surface area (TPSA) is 66.3 Å². The first kappa shape index (κ1) is 7.11. The van der Waals surface area contributed by atoms with Crippen molar-refractivity contribution in [3.8, 4) is 0 Å². The van der Waals surface area contributed by atoms with Gasteiger partial charge >= 0.3 is 0 Å². The van der Waals surface area contributed by atoms with Gasteiger partial charge in [-0.3, -0.25) is 5.10 Å². The fourth-order valence-corrected chi connectivity index (χ4v) is 1.12. The largest absolute Gasteiger partial charge is 0.260 e. The first-order valence-corrected chi connectivity index (χ1v) is 4.14. The van der Waals surface area contributed by atoms with Gasteiger partial charge in [-0.2, -0.15) is 5.10 Å². The van der Waals surface area contributed by atoms with Crippen molar-refractivity contribution in [2.45, 2.75) is 0 Å². The molecule has 0 unspecified atom stereocenters. The number of rotatable bonds is 2. The van der Waals surface area contributed by atoms with Crippen molar-refractivity contribution in [3.05, 3.63) is 23.8 Å². The molecule has 0 spiro atoms. The Morgan fingerprint density at radius 1 is 1.33 bits per heavy atom. The molecule has 2 rings (SSSR count). The van der Waals surface area contributed by atoms with Crippen LogP contribution in [0.4, 0.5) is 10.9 Å². The monoisotopic (exact) mass is 179 g/mol. The Bertz CT molecular complexity index is 313. The summed E-state index contributed by atoms with van der Waals surface area (Å²) >= 11 is 1.44. The van der Waals surface area contributed by atoms with E-state index in [9.17, 15) is 0 Å². The summed E-state index contributed by atoms with van der Waals surface area (Å²) in [5.74, 6) is 0.630. The molecular formula is C6H5N5S. The van der Waals surface area contributed by atoms with Crippen LogP contribution in [0.25, 0.3) is 0 Å². The third kappa shape index (κ3) is 1.54. The molecule has 0 amide bonds. The van der Waals surface area contributed by atoms with Crippen LogP contribution < -0.4 is 0 Å². The van der Waals surface area contributed by atoms with Crippen molar-refractivity contribution in [2.24, 2.45) is 10.2 Å². The van der Waals surface area contributed by atoms with Crippen molar-refractivity contribution < 1.29 is 0 Å². The highest BCUT2D eigenvalue weighted by atomic mass is 32.1. The molecule has 0 bridgehead atoms. The Morgan fingerprint density at radius 3 is 3.00 bits per heavy atom. The molecule has 0 fully saturated rings. The van der Waals surface area contributed by atoms with Crippen LogP contribution in [0, 0.1) is 0 Å². The Hall–Kier alpha value is -1.56. The molecule has 12 heavy (non-hydrogen) atoms. The average Bonchev–Trinajstić information content (AvgIpc) is 2.74. The van der Waals surface area contributed by atoms with Crippen LogP contribution in [0.15, 0.2) is 34.1 Å². The van der Waals surface area contributed by atoms with Gasteiger partial charge in [-0.15, -0.1) is 21.6 Å². The Morgan fingerprint density at radius 2 is 2.33 bits per heavy atom. The van der Waals surface area contributed by atoms with Crippen molar-refractivity contribution in [2.75, 3.05) is 0 Å². The molecule has 1 N–H and O–H groups in total. The van der Waals surface area contributed by atoms with Gasteiger partial charge in [0.05, 0.1) is 6.20 Å². The molecule has 0 saturated carbocycles. The van der Waals surface area contributed by atoms with Gasteiger partial charge in [-0.05, 0) is 0 Å². The van der Waals surface area contributed by atoms with Crippen LogP contribution in [-0.4, -0.2) is 15.2 Å². The molecule has 2 aromatic rings. The summed E-state index contributed by atoms with van der Waals surface area (Å²) in [4.78, 5) is 3.94. The van der Waals surface area contributed by atoms with Crippen molar-refractivity contribution >= 4 is 22.3 Å². The van der Waals surface area contributed by atoms with E-state index in [1.165, 1.54) is 11.3 Å². The molecule has 0 aliphatic rings. The van der Waals surface area contributed by atoms with Gasteiger partial charge < -0.3 is 0 Å². The fraction of sp³-hybridized carbons (Fsp3) is 0. The SMILES string of the molecule is c1cc(N=Nc2nccs2)[nH]n1. The Labute approximate surface area is 72.2 Å². The lowest BCUT2D eigenvalue weighted by Gasteiger charge is -1.80. The lowest BCUT2D eigenvalue weighted by atomic mass is 10.7. The van der Waals surface area contributed by atoms with Crippen LogP contribution in [-0.2, 0) is 0 Å². The number of aromatic amines is 1. The zero-order chi connectivity index (χ0) is 8.23. The maximum absolute atomic E-state index is 3.94. The Kier molecular flexibility index (Phi) is 1.91. The summed E-state index contributed by atoms with van der Waals surface area (Å²) in [6, 6.07) is 1.73. The zero-order valence-corrected chi connectivity index (χ0v) is 6.82. The van der Waals surface area contributed by atoms with Crippen molar-refractivity contribution in [1.29, 1.82) is 0 Å². The summed E-state index contributed by atoms with van der Waals surface area (Å²) in [6.07, 6.45) is 3.31. The maximum Gasteiger partial charge on any atom is 0.229 e. The van der Waals surface area contributed by atoms with Gasteiger partial charge in [-0.25, -0.2) is 4.98 Å². The molecule has 6 heteroatoms. The molecule has 60 valence electrons. The highest BCUT2D eigenvalue weighted by molar-refractivity contribution is 7.13. The molecule has 0 saturated heterocycles. The highest BCUT2D eigenvalue weighted by Gasteiger charge is 1.91. The predicted octanol–water partition coefficient (Wildman–Crippen LogP) is 2.28. The molecule has 2 heterocycles. The van der Waals surface area contributed by atoms with Gasteiger partial charge in [0.2, 0.25) is 5.13 Å². The van der Waals surface area contributed by atoms with E-state index < -0.39 is 0 Å². The first-order chi connectivity index (χ1) is 5.95. The first-order valence-electron chi connectivity index (χ1n) is 3.26. The van der Waals surface area contributed by atoms with Gasteiger partial charge in [-0.1, -0.05) is 0 Å². The van der Waals surface area contributed by atoms with Crippen LogP contribution in [0.1, 0.15) is 0 Å². The Balaban J connectivity index is 2.14. The van der Waals surface area contributed by atoms with E-state index in [-0.39, 0.29) is 0 Å². The summed E-state index contributed by atoms with van der Waals surface area (Å²) < 4.78 is 0. The minimum atomic E-state index is 0.630. The molecule has 5 nitrogen and oxygen atoms in total. The molecule has 0 atom stereocenters. The number of aromatic nitrogens is 3. The third-order valence-electron chi connectivity index (χ3n) is 1.15. The van der Waals surface area contributed by atoms with E-state index in [0.29, 0.717) is 10.9 Å². The summed E-state index contributed by atoms with van der Waals surface area (Å²) in [5, 5.41) is 16.6. The van der Waals surface area contributed by atoms with Crippen molar-refractivity contribution in [1.82, 2.24) is 15.2 Å². The highest BCUT2D eigenvalue weighted by Crippen LogP contribution is 2.17. The van der Waals surface area contributed by atoms with Gasteiger partial charge in [0.1, 0.15) is 0 Å². The lowest BCUT2D eigenvalue weighted by Crippen LogP contribution is -1.62. The number of azo groups is 1. The number of hydrogen-bond donors (Lipinski definition) is 1. The second-order valence-corrected chi connectivity index (χ2v) is 2.83. The summed E-state index contributed by atoms with van der Waals surface area (Å²) in [5.41, 5.74) is 0. The molecular weight excluding hydrogens is 174 g/mol. The van der Waals surface area contributed by atoms with E-state index >= 15 is 0 Å². The molecule has 0 radical (unpaired) electrons.